The first kappa shape index (κ1) is 60.3. The summed E-state index contributed by atoms with van der Waals surface area (Å²) in [6.45, 7) is 1.77. The molecule has 0 amide bonds. The van der Waals surface area contributed by atoms with E-state index in [0.717, 1.165) is 105 Å². The Balaban J connectivity index is 0.000000162. The van der Waals surface area contributed by atoms with Gasteiger partial charge in [-0.2, -0.15) is 78.0 Å². The van der Waals surface area contributed by atoms with Crippen LogP contribution in [-0.2, 0) is 58.4 Å². The minimum atomic E-state index is -4.86. The molecule has 8 aliphatic carbocycles. The van der Waals surface area contributed by atoms with E-state index in [2.05, 4.69) is 12.1 Å². The molecule has 0 saturated heterocycles. The Labute approximate surface area is 470 Å². The van der Waals surface area contributed by atoms with Crippen molar-refractivity contribution in [1.82, 2.24) is 0 Å². The van der Waals surface area contributed by atoms with Crippen molar-refractivity contribution in [2.24, 2.45) is 46.3 Å². The van der Waals surface area contributed by atoms with E-state index in [1.807, 2.05) is 24.3 Å². The van der Waals surface area contributed by atoms with E-state index in [9.17, 15) is 65.9 Å². The van der Waals surface area contributed by atoms with Crippen LogP contribution in [0, 0.1) is 46.3 Å². The molecule has 8 aliphatic rings. The van der Waals surface area contributed by atoms with E-state index in [1.54, 1.807) is 30.8 Å². The van der Waals surface area contributed by atoms with Crippen LogP contribution < -0.4 is 0 Å². The van der Waals surface area contributed by atoms with Crippen LogP contribution >= 0.6 is 17.0 Å². The molecule has 424 valence electrons. The standard InChI is InChI=1S/2C28H25F6.C4H7F3Si.2ClH.Zr/c2*29-27(30,31)22-9-21(10-23(11-22)28(32,33)34)24-3-1-2-20-7-19(8-25(20)24)15-26-12-16-4-17(13-26)6-18(5-16)14-26;1-8-3-2-4(5,6)7;;;/h2*1-3,7-11,16-18H,4-6,12-15H2;2-3H2,1H3;2*1H;/q2*-1;;;;+4/p-2. The number of rotatable bonds is 8. The molecule has 79 heavy (non-hydrogen) atoms. The Hall–Kier alpha value is -3.27. The molecule has 0 aromatic heterocycles. The second kappa shape index (κ2) is 23.1. The molecule has 0 atom stereocenters. The molecule has 0 unspecified atom stereocenters. The zero-order valence-electron chi connectivity index (χ0n) is 42.9. The van der Waals surface area contributed by atoms with Gasteiger partial charge in [0.05, 0.1) is 22.3 Å². The van der Waals surface area contributed by atoms with Gasteiger partial charge < -0.3 is 0 Å². The third-order valence-corrected chi connectivity index (χ3v) is 18.3. The van der Waals surface area contributed by atoms with Gasteiger partial charge >= 0.3 is 68.8 Å². The molecule has 8 bridgehead atoms. The summed E-state index contributed by atoms with van der Waals surface area (Å²) in [5.41, 5.74) is -1.53. The molecule has 14 rings (SSSR count). The molecule has 2 radical (unpaired) electrons. The van der Waals surface area contributed by atoms with Gasteiger partial charge in [0.1, 0.15) is 0 Å². The molecule has 8 saturated carbocycles. The number of hydrogen-bond acceptors (Lipinski definition) is 0. The Bertz CT molecular complexity index is 2750. The topological polar surface area (TPSA) is 0 Å². The third kappa shape index (κ3) is 14.4. The van der Waals surface area contributed by atoms with Crippen molar-refractivity contribution in [3.8, 4) is 22.3 Å². The monoisotopic (exact) mass is 1250 g/mol. The summed E-state index contributed by atoms with van der Waals surface area (Å²) >= 11 is -0.826. The molecular weight excluding hydrogens is 1200 g/mol. The Morgan fingerprint density at radius 1 is 0.468 bits per heavy atom. The van der Waals surface area contributed by atoms with Crippen LogP contribution in [0.15, 0.2) is 97.1 Å². The number of alkyl halides is 15. The van der Waals surface area contributed by atoms with E-state index in [-0.39, 0.29) is 29.3 Å². The molecule has 6 aromatic rings. The van der Waals surface area contributed by atoms with Gasteiger partial charge in [-0.05, 0) is 184 Å². The molecule has 6 aromatic carbocycles. The van der Waals surface area contributed by atoms with Gasteiger partial charge in [0.15, 0.2) is 0 Å². The summed E-state index contributed by atoms with van der Waals surface area (Å²) < 4.78 is 195. The quantitative estimate of drug-likeness (QED) is 0.0809. The average Bonchev–Trinajstić information content (AvgIpc) is 4.17. The average molecular weight is 1250 g/mol. The molecule has 8 fully saturated rings. The summed E-state index contributed by atoms with van der Waals surface area (Å²) in [6.07, 6.45) is -6.54. The zero-order valence-corrected chi connectivity index (χ0v) is 47.9. The summed E-state index contributed by atoms with van der Waals surface area (Å²) in [4.78, 5) is 0. The van der Waals surface area contributed by atoms with Crippen LogP contribution in [-0.4, -0.2) is 15.7 Å². The van der Waals surface area contributed by atoms with Gasteiger partial charge in [-0.3, -0.25) is 0 Å². The molecule has 0 spiro atoms. The van der Waals surface area contributed by atoms with Crippen molar-refractivity contribution >= 4 is 48.1 Å². The van der Waals surface area contributed by atoms with E-state index in [1.165, 1.54) is 77.0 Å². The molecule has 0 aliphatic heterocycles. The van der Waals surface area contributed by atoms with Gasteiger partial charge in [0.2, 0.25) is 0 Å². The predicted molar refractivity (Wildman–Crippen MR) is 277 cm³/mol. The Morgan fingerprint density at radius 2 is 0.759 bits per heavy atom. The molecule has 0 N–H and O–H groups in total. The van der Waals surface area contributed by atoms with Crippen LogP contribution in [0.2, 0.25) is 12.6 Å². The first-order valence-electron chi connectivity index (χ1n) is 26.6. The predicted octanol–water partition coefficient (Wildman–Crippen LogP) is 21.5. The normalized spacial score (nSPS) is 26.1. The number of fused-ring (bicyclic) bond motifs is 2. The van der Waals surface area contributed by atoms with Crippen LogP contribution in [0.5, 0.6) is 0 Å². The number of benzene rings is 4. The SMILES string of the molecule is C[Si]CCC(F)(F)F.FC(F)(F)c1cc(-c2cccc3[cH-]c(CC45CC6CC(CC(C6)C4)C5)cc23)cc(C(F)(F)F)c1.FC(F)(F)c1cc(-c2cccc3[cH-]c(CC45CC6CC(CC(C6)C4)C5)cc23)cc(C(F)(F)F)c1.[Cl][Zr+2][Cl]. The Morgan fingerprint density at radius 3 is 1.00 bits per heavy atom. The Kier molecular flexibility index (Phi) is 17.6. The van der Waals surface area contributed by atoms with Crippen LogP contribution in [0.1, 0.15) is 117 Å². The van der Waals surface area contributed by atoms with Crippen molar-refractivity contribution < 1.29 is 86.7 Å². The van der Waals surface area contributed by atoms with Gasteiger partial charge in [-0.25, -0.2) is 0 Å². The van der Waals surface area contributed by atoms with Crippen LogP contribution in [0.25, 0.3) is 43.8 Å². The fourth-order valence-electron chi connectivity index (χ4n) is 15.7. The summed E-state index contributed by atoms with van der Waals surface area (Å²) in [5, 5.41) is 3.16. The van der Waals surface area contributed by atoms with Crippen molar-refractivity contribution in [2.75, 3.05) is 0 Å². The zero-order chi connectivity index (χ0) is 57.1. The van der Waals surface area contributed by atoms with Crippen molar-refractivity contribution in [3.05, 3.63) is 130 Å². The summed E-state index contributed by atoms with van der Waals surface area (Å²) in [7, 11) is 10.3. The number of hydrogen-bond donors (Lipinski definition) is 0. The van der Waals surface area contributed by atoms with E-state index < -0.39 is 80.4 Å². The van der Waals surface area contributed by atoms with E-state index in [0.29, 0.717) is 31.5 Å². The molecule has 0 nitrogen and oxygen atoms in total. The van der Waals surface area contributed by atoms with Crippen LogP contribution in [0.4, 0.5) is 65.9 Å². The first-order valence-corrected chi connectivity index (χ1v) is 34.6. The fourth-order valence-corrected chi connectivity index (χ4v) is 16.2. The van der Waals surface area contributed by atoms with Crippen molar-refractivity contribution in [2.45, 2.75) is 140 Å². The summed E-state index contributed by atoms with van der Waals surface area (Å²) in [6, 6.07) is 22.6. The molecular formula is C60H57Cl2F15SiZr. The van der Waals surface area contributed by atoms with Crippen molar-refractivity contribution in [3.63, 3.8) is 0 Å². The second-order valence-electron chi connectivity index (χ2n) is 23.7. The van der Waals surface area contributed by atoms with Gasteiger partial charge in [0.25, 0.3) is 0 Å². The minimum absolute atomic E-state index is 0.0558. The van der Waals surface area contributed by atoms with Crippen LogP contribution in [0.3, 0.4) is 0 Å². The second-order valence-corrected chi connectivity index (χ2v) is 28.6. The first-order chi connectivity index (χ1) is 36.9. The van der Waals surface area contributed by atoms with E-state index in [4.69, 9.17) is 17.0 Å². The van der Waals surface area contributed by atoms with Crippen molar-refractivity contribution in [1.29, 1.82) is 0 Å². The van der Waals surface area contributed by atoms with Gasteiger partial charge in [-0.15, -0.1) is 69.1 Å². The number of halogens is 17. The molecule has 0 heterocycles. The maximum absolute atomic E-state index is 13.4. The fraction of sp³-hybridized carbons (Fsp3) is 0.500. The third-order valence-electron chi connectivity index (χ3n) is 17.6. The van der Waals surface area contributed by atoms with Gasteiger partial charge in [0, 0.05) is 15.9 Å². The maximum atomic E-state index is 13.4. The van der Waals surface area contributed by atoms with E-state index >= 15 is 0 Å². The summed E-state index contributed by atoms with van der Waals surface area (Å²) in [5.74, 6) is 4.90. The van der Waals surface area contributed by atoms with Gasteiger partial charge in [-0.1, -0.05) is 35.9 Å². The molecule has 19 heteroatoms.